The minimum atomic E-state index is -2.97. The molecule has 8 heteroatoms. The monoisotopic (exact) mass is 370 g/mol. The first kappa shape index (κ1) is 19.9. The molecule has 1 aromatic carbocycles. The van der Waals surface area contributed by atoms with Crippen molar-refractivity contribution in [2.75, 3.05) is 7.11 Å². The number of hydrogen-bond acceptors (Lipinski definition) is 4. The fourth-order valence-corrected chi connectivity index (χ4v) is 2.95. The molecule has 1 aliphatic rings. The maximum atomic E-state index is 12.5. The van der Waals surface area contributed by atoms with Gasteiger partial charge in [0, 0.05) is 12.5 Å². The topological polar surface area (TPSA) is 76.7 Å². The molecule has 1 fully saturated rings. The lowest BCUT2D eigenvalue weighted by Crippen LogP contribution is -2.46. The maximum absolute atomic E-state index is 12.5. The van der Waals surface area contributed by atoms with Gasteiger partial charge in [0.1, 0.15) is 6.04 Å². The number of carbonyl (C=O) groups is 2. The lowest BCUT2D eigenvalue weighted by molar-refractivity contribution is -0.130. The molecule has 0 aliphatic heterocycles. The van der Waals surface area contributed by atoms with Crippen molar-refractivity contribution < 1.29 is 27.8 Å². The zero-order valence-corrected chi connectivity index (χ0v) is 14.9. The number of hydrogen-bond donors (Lipinski definition) is 2. The van der Waals surface area contributed by atoms with Crippen LogP contribution in [0.5, 0.6) is 11.5 Å². The zero-order valence-electron chi connectivity index (χ0n) is 14.9. The van der Waals surface area contributed by atoms with Crippen molar-refractivity contribution in [2.24, 2.45) is 5.92 Å². The molecule has 1 aromatic rings. The summed E-state index contributed by atoms with van der Waals surface area (Å²) in [4.78, 5) is 24.2. The molecule has 0 heterocycles. The Bertz CT molecular complexity index is 634. The lowest BCUT2D eigenvalue weighted by Gasteiger charge is -2.17. The van der Waals surface area contributed by atoms with Crippen molar-refractivity contribution >= 4 is 11.8 Å². The number of carbonyl (C=O) groups excluding carboxylic acids is 2. The Morgan fingerprint density at radius 3 is 2.54 bits per heavy atom. The molecule has 26 heavy (non-hydrogen) atoms. The number of nitrogens with one attached hydrogen (secondary N) is 2. The van der Waals surface area contributed by atoms with Gasteiger partial charge in [-0.15, -0.1) is 0 Å². The normalized spacial score (nSPS) is 15.6. The molecular weight excluding hydrogens is 346 g/mol. The summed E-state index contributed by atoms with van der Waals surface area (Å²) in [6.07, 6.45) is 3.80. The van der Waals surface area contributed by atoms with Gasteiger partial charge >= 0.3 is 6.61 Å². The Morgan fingerprint density at radius 2 is 1.92 bits per heavy atom. The molecule has 6 nitrogen and oxygen atoms in total. The van der Waals surface area contributed by atoms with Crippen molar-refractivity contribution in [2.45, 2.75) is 51.8 Å². The van der Waals surface area contributed by atoms with Gasteiger partial charge < -0.3 is 20.1 Å². The van der Waals surface area contributed by atoms with Gasteiger partial charge in [-0.1, -0.05) is 18.9 Å². The summed E-state index contributed by atoms with van der Waals surface area (Å²) >= 11 is 0. The molecule has 0 bridgehead atoms. The molecule has 2 amide bonds. The quantitative estimate of drug-likeness (QED) is 0.738. The summed E-state index contributed by atoms with van der Waals surface area (Å²) in [5.74, 6) is -0.374. The van der Waals surface area contributed by atoms with E-state index in [0.717, 1.165) is 25.7 Å². The Kier molecular flexibility index (Phi) is 7.17. The van der Waals surface area contributed by atoms with Crippen molar-refractivity contribution in [1.29, 1.82) is 0 Å². The first-order chi connectivity index (χ1) is 12.4. The zero-order chi connectivity index (χ0) is 19.1. The molecule has 0 aromatic heterocycles. The fraction of sp³-hybridized carbons (Fsp3) is 0.556. The van der Waals surface area contributed by atoms with Crippen LogP contribution in [0.4, 0.5) is 8.78 Å². The molecule has 2 rings (SSSR count). The summed E-state index contributed by atoms with van der Waals surface area (Å²) in [5.41, 5.74) is 0.573. The van der Waals surface area contributed by atoms with E-state index >= 15 is 0 Å². The van der Waals surface area contributed by atoms with Crippen LogP contribution in [0.1, 0.15) is 38.2 Å². The van der Waals surface area contributed by atoms with Crippen molar-refractivity contribution in [3.8, 4) is 11.5 Å². The number of rotatable bonds is 8. The van der Waals surface area contributed by atoms with E-state index in [1.54, 1.807) is 13.0 Å². The van der Waals surface area contributed by atoms with E-state index in [-0.39, 0.29) is 35.8 Å². The predicted octanol–water partition coefficient (Wildman–Crippen LogP) is 2.61. The van der Waals surface area contributed by atoms with Crippen LogP contribution in [0, 0.1) is 5.92 Å². The van der Waals surface area contributed by atoms with E-state index in [0.29, 0.717) is 5.56 Å². The van der Waals surface area contributed by atoms with Gasteiger partial charge in [0.05, 0.1) is 7.11 Å². The van der Waals surface area contributed by atoms with Crippen LogP contribution in [-0.4, -0.2) is 31.6 Å². The van der Waals surface area contributed by atoms with Crippen LogP contribution in [0.15, 0.2) is 18.2 Å². The highest BCUT2D eigenvalue weighted by Crippen LogP contribution is 2.29. The SMILES string of the molecule is COc1ccc(CNC(=O)C(C)NC(=O)C2CCCC2)cc1OC(F)F. The second-order valence-corrected chi connectivity index (χ2v) is 6.29. The van der Waals surface area contributed by atoms with Gasteiger partial charge in [-0.05, 0) is 37.5 Å². The summed E-state index contributed by atoms with van der Waals surface area (Å²) in [7, 11) is 1.35. The molecule has 0 spiro atoms. The Hall–Kier alpha value is -2.38. The highest BCUT2D eigenvalue weighted by atomic mass is 19.3. The van der Waals surface area contributed by atoms with Crippen molar-refractivity contribution in [3.05, 3.63) is 23.8 Å². The van der Waals surface area contributed by atoms with Crippen molar-refractivity contribution in [3.63, 3.8) is 0 Å². The molecule has 1 atom stereocenters. The van der Waals surface area contributed by atoms with Gasteiger partial charge in [-0.3, -0.25) is 9.59 Å². The van der Waals surface area contributed by atoms with Gasteiger partial charge in [0.25, 0.3) is 0 Å². The van der Waals surface area contributed by atoms with E-state index in [2.05, 4.69) is 15.4 Å². The van der Waals surface area contributed by atoms with Gasteiger partial charge in [-0.2, -0.15) is 8.78 Å². The average molecular weight is 370 g/mol. The highest BCUT2D eigenvalue weighted by molar-refractivity contribution is 5.88. The molecule has 2 N–H and O–H groups in total. The summed E-state index contributed by atoms with van der Waals surface area (Å²) in [5, 5.41) is 5.39. The second kappa shape index (κ2) is 9.35. The Morgan fingerprint density at radius 1 is 1.23 bits per heavy atom. The largest absolute Gasteiger partial charge is 0.493 e. The third kappa shape index (κ3) is 5.57. The predicted molar refractivity (Wildman–Crippen MR) is 91.0 cm³/mol. The van der Waals surface area contributed by atoms with Crippen LogP contribution in [0.3, 0.4) is 0 Å². The minimum Gasteiger partial charge on any atom is -0.493 e. The van der Waals surface area contributed by atoms with Crippen LogP contribution in [0.25, 0.3) is 0 Å². The summed E-state index contributed by atoms with van der Waals surface area (Å²) < 4.78 is 34.3. The number of halogens is 2. The third-order valence-electron chi connectivity index (χ3n) is 4.39. The lowest BCUT2D eigenvalue weighted by atomic mass is 10.1. The first-order valence-corrected chi connectivity index (χ1v) is 8.60. The first-order valence-electron chi connectivity index (χ1n) is 8.60. The molecule has 1 aliphatic carbocycles. The van der Waals surface area contributed by atoms with Crippen LogP contribution in [-0.2, 0) is 16.1 Å². The van der Waals surface area contributed by atoms with Crippen LogP contribution in [0.2, 0.25) is 0 Å². The van der Waals surface area contributed by atoms with Crippen LogP contribution >= 0.6 is 0 Å². The van der Waals surface area contributed by atoms with E-state index in [9.17, 15) is 18.4 Å². The molecular formula is C18H24F2N2O4. The van der Waals surface area contributed by atoms with E-state index in [4.69, 9.17) is 4.74 Å². The minimum absolute atomic E-state index is 0.0131. The van der Waals surface area contributed by atoms with Crippen molar-refractivity contribution in [1.82, 2.24) is 10.6 Å². The number of benzene rings is 1. The van der Waals surface area contributed by atoms with Crippen LogP contribution < -0.4 is 20.1 Å². The molecule has 1 unspecified atom stereocenters. The molecule has 144 valence electrons. The van der Waals surface area contributed by atoms with Gasteiger partial charge in [-0.25, -0.2) is 0 Å². The third-order valence-corrected chi connectivity index (χ3v) is 4.39. The highest BCUT2D eigenvalue weighted by Gasteiger charge is 2.25. The molecule has 1 saturated carbocycles. The Balaban J connectivity index is 1.88. The average Bonchev–Trinajstić information content (AvgIpc) is 3.14. The number of amides is 2. The molecule has 0 saturated heterocycles. The number of alkyl halides is 2. The van der Waals surface area contributed by atoms with E-state index < -0.39 is 12.7 Å². The maximum Gasteiger partial charge on any atom is 0.387 e. The molecule has 0 radical (unpaired) electrons. The number of ether oxygens (including phenoxy) is 2. The summed E-state index contributed by atoms with van der Waals surface area (Å²) in [6.45, 7) is -1.24. The van der Waals surface area contributed by atoms with E-state index in [1.165, 1.54) is 19.2 Å². The van der Waals surface area contributed by atoms with Gasteiger partial charge in [0.15, 0.2) is 11.5 Å². The van der Waals surface area contributed by atoms with E-state index in [1.807, 2.05) is 0 Å². The fourth-order valence-electron chi connectivity index (χ4n) is 2.95. The Labute approximate surface area is 151 Å². The van der Waals surface area contributed by atoms with Gasteiger partial charge in [0.2, 0.25) is 11.8 Å². The summed E-state index contributed by atoms with van der Waals surface area (Å²) in [6, 6.07) is 3.84. The standard InChI is InChI=1S/C18H24F2N2O4/c1-11(22-17(24)13-5-3-4-6-13)16(23)21-10-12-7-8-14(25-2)15(9-12)26-18(19)20/h7-9,11,13,18H,3-6,10H2,1-2H3,(H,21,23)(H,22,24). The number of methoxy groups -OCH3 is 1. The smallest absolute Gasteiger partial charge is 0.387 e. The second-order valence-electron chi connectivity index (χ2n) is 6.29.